The van der Waals surface area contributed by atoms with Crippen LogP contribution in [0.1, 0.15) is 43.5 Å². The lowest BCUT2D eigenvalue weighted by molar-refractivity contribution is 0.136. The number of pyridine rings is 1. The van der Waals surface area contributed by atoms with Crippen LogP contribution in [0.4, 0.5) is 13.6 Å². The van der Waals surface area contributed by atoms with Crippen molar-refractivity contribution in [2.75, 3.05) is 0 Å². The number of benzene rings is 1. The molecule has 0 aliphatic rings. The quantitative estimate of drug-likeness (QED) is 0.749. The van der Waals surface area contributed by atoms with Gasteiger partial charge in [0.05, 0.1) is 18.2 Å². The van der Waals surface area contributed by atoms with Gasteiger partial charge in [-0.3, -0.25) is 4.98 Å². The van der Waals surface area contributed by atoms with Crippen molar-refractivity contribution >= 4 is 6.03 Å². The van der Waals surface area contributed by atoms with Gasteiger partial charge in [-0.15, -0.1) is 0 Å². The molecule has 25 heavy (non-hydrogen) atoms. The van der Waals surface area contributed by atoms with E-state index in [-0.39, 0.29) is 11.6 Å². The highest BCUT2D eigenvalue weighted by atomic mass is 19.2. The molecule has 2 rings (SSSR count). The van der Waals surface area contributed by atoms with Crippen molar-refractivity contribution in [2.24, 2.45) is 0 Å². The van der Waals surface area contributed by atoms with E-state index in [9.17, 15) is 18.7 Å². The summed E-state index contributed by atoms with van der Waals surface area (Å²) < 4.78 is 26.3. The van der Waals surface area contributed by atoms with Crippen molar-refractivity contribution in [2.45, 2.75) is 38.5 Å². The predicted octanol–water partition coefficient (Wildman–Crippen LogP) is 3.23. The molecule has 0 radical (unpaired) electrons. The second-order valence-corrected chi connectivity index (χ2v) is 5.77. The van der Waals surface area contributed by atoms with Crippen molar-refractivity contribution in [1.29, 1.82) is 0 Å². The van der Waals surface area contributed by atoms with Crippen molar-refractivity contribution < 1.29 is 18.7 Å². The summed E-state index contributed by atoms with van der Waals surface area (Å²) in [7, 11) is 0. The number of nitrogens with zero attached hydrogens (tertiary/aromatic N) is 1. The fraction of sp³-hybridized carbons (Fsp3) is 0.333. The number of carbonyl (C=O) groups excluding carboxylic acids is 1. The lowest BCUT2D eigenvalue weighted by Crippen LogP contribution is -2.44. The Hall–Kier alpha value is -2.54. The van der Waals surface area contributed by atoms with E-state index >= 15 is 0 Å². The first-order valence-corrected chi connectivity index (χ1v) is 8.02. The summed E-state index contributed by atoms with van der Waals surface area (Å²) in [6.45, 7) is 3.52. The molecule has 1 heterocycles. The Bertz CT molecular complexity index is 713. The lowest BCUT2D eigenvalue weighted by atomic mass is 10.0. The standard InChI is InChI=1S/C18H21F2N3O2/c1-3-16(12-6-8-21-9-7-12)23-18(25)22-11(2)17(24)13-4-5-14(19)15(20)10-13/h4-11,16-17,24H,3H2,1-2H3,(H2,22,23,25). The topological polar surface area (TPSA) is 74.2 Å². The van der Waals surface area contributed by atoms with E-state index in [4.69, 9.17) is 0 Å². The van der Waals surface area contributed by atoms with E-state index in [1.54, 1.807) is 19.3 Å². The third kappa shape index (κ3) is 4.96. The summed E-state index contributed by atoms with van der Waals surface area (Å²) in [6, 6.07) is 5.42. The Morgan fingerprint density at radius 2 is 1.80 bits per heavy atom. The highest BCUT2D eigenvalue weighted by Crippen LogP contribution is 2.20. The number of amides is 2. The van der Waals surface area contributed by atoms with Gasteiger partial charge in [0.2, 0.25) is 0 Å². The van der Waals surface area contributed by atoms with Crippen LogP contribution in [0.5, 0.6) is 0 Å². The smallest absolute Gasteiger partial charge is 0.315 e. The van der Waals surface area contributed by atoms with Crippen molar-refractivity contribution in [1.82, 2.24) is 15.6 Å². The molecule has 0 fully saturated rings. The minimum absolute atomic E-state index is 0.188. The Morgan fingerprint density at radius 3 is 2.40 bits per heavy atom. The number of urea groups is 1. The van der Waals surface area contributed by atoms with Gasteiger partial charge in [0.1, 0.15) is 0 Å². The van der Waals surface area contributed by atoms with Crippen LogP contribution in [0.3, 0.4) is 0 Å². The first-order valence-electron chi connectivity index (χ1n) is 8.02. The Labute approximate surface area is 145 Å². The lowest BCUT2D eigenvalue weighted by Gasteiger charge is -2.23. The molecule has 0 spiro atoms. The summed E-state index contributed by atoms with van der Waals surface area (Å²) in [4.78, 5) is 16.1. The van der Waals surface area contributed by atoms with Gasteiger partial charge in [0.15, 0.2) is 11.6 Å². The van der Waals surface area contributed by atoms with Crippen molar-refractivity contribution in [3.63, 3.8) is 0 Å². The molecule has 3 N–H and O–H groups in total. The number of hydrogen-bond acceptors (Lipinski definition) is 3. The maximum absolute atomic E-state index is 13.3. The summed E-state index contributed by atoms with van der Waals surface area (Å²) in [5.41, 5.74) is 1.11. The summed E-state index contributed by atoms with van der Waals surface area (Å²) in [5, 5.41) is 15.7. The minimum Gasteiger partial charge on any atom is -0.386 e. The molecule has 0 saturated carbocycles. The van der Waals surface area contributed by atoms with Crippen LogP contribution in [-0.2, 0) is 0 Å². The molecule has 134 valence electrons. The summed E-state index contributed by atoms with van der Waals surface area (Å²) in [6.07, 6.45) is 2.80. The number of aliphatic hydroxyl groups excluding tert-OH is 1. The normalized spacial score (nSPS) is 14.4. The fourth-order valence-electron chi connectivity index (χ4n) is 2.49. The van der Waals surface area contributed by atoms with Crippen LogP contribution in [0, 0.1) is 11.6 Å². The molecule has 0 saturated heterocycles. The third-order valence-corrected chi connectivity index (χ3v) is 3.94. The van der Waals surface area contributed by atoms with Gasteiger partial charge < -0.3 is 15.7 Å². The molecule has 1 aromatic heterocycles. The molecule has 3 unspecified atom stereocenters. The van der Waals surface area contributed by atoms with E-state index < -0.39 is 29.8 Å². The van der Waals surface area contributed by atoms with Gasteiger partial charge in [-0.25, -0.2) is 13.6 Å². The van der Waals surface area contributed by atoms with Crippen molar-refractivity contribution in [3.8, 4) is 0 Å². The van der Waals surface area contributed by atoms with Crippen LogP contribution in [-0.4, -0.2) is 22.2 Å². The fourth-order valence-corrected chi connectivity index (χ4v) is 2.49. The molecule has 3 atom stereocenters. The molecule has 0 bridgehead atoms. The molecule has 2 aromatic rings. The van der Waals surface area contributed by atoms with Crippen LogP contribution >= 0.6 is 0 Å². The van der Waals surface area contributed by atoms with E-state index in [2.05, 4.69) is 15.6 Å². The zero-order chi connectivity index (χ0) is 18.4. The van der Waals surface area contributed by atoms with Gasteiger partial charge in [-0.05, 0) is 48.7 Å². The van der Waals surface area contributed by atoms with Crippen LogP contribution in [0.15, 0.2) is 42.7 Å². The van der Waals surface area contributed by atoms with Gasteiger partial charge >= 0.3 is 6.03 Å². The Balaban J connectivity index is 1.97. The SMILES string of the molecule is CCC(NC(=O)NC(C)C(O)c1ccc(F)c(F)c1)c1ccncc1. The molecule has 0 aliphatic heterocycles. The van der Waals surface area contributed by atoms with E-state index in [1.807, 2.05) is 19.1 Å². The highest BCUT2D eigenvalue weighted by Gasteiger charge is 2.21. The molecular weight excluding hydrogens is 328 g/mol. The second-order valence-electron chi connectivity index (χ2n) is 5.77. The van der Waals surface area contributed by atoms with Crippen LogP contribution < -0.4 is 10.6 Å². The zero-order valence-corrected chi connectivity index (χ0v) is 14.0. The number of aromatic nitrogens is 1. The van der Waals surface area contributed by atoms with E-state index in [1.165, 1.54) is 6.07 Å². The van der Waals surface area contributed by atoms with E-state index in [0.717, 1.165) is 17.7 Å². The van der Waals surface area contributed by atoms with Gasteiger partial charge in [0, 0.05) is 12.4 Å². The summed E-state index contributed by atoms with van der Waals surface area (Å²) in [5.74, 6) is -2.03. The molecule has 5 nitrogen and oxygen atoms in total. The number of rotatable bonds is 6. The van der Waals surface area contributed by atoms with Crippen LogP contribution in [0.2, 0.25) is 0 Å². The molecule has 2 amide bonds. The number of halogens is 2. The van der Waals surface area contributed by atoms with Gasteiger partial charge in [0.25, 0.3) is 0 Å². The maximum Gasteiger partial charge on any atom is 0.315 e. The van der Waals surface area contributed by atoms with Gasteiger partial charge in [-0.1, -0.05) is 13.0 Å². The Morgan fingerprint density at radius 1 is 1.12 bits per heavy atom. The van der Waals surface area contributed by atoms with Crippen molar-refractivity contribution in [3.05, 3.63) is 65.5 Å². The first-order chi connectivity index (χ1) is 11.9. The van der Waals surface area contributed by atoms with Crippen LogP contribution in [0.25, 0.3) is 0 Å². The number of hydrogen-bond donors (Lipinski definition) is 3. The monoisotopic (exact) mass is 349 g/mol. The average molecular weight is 349 g/mol. The number of carbonyl (C=O) groups is 1. The minimum atomic E-state index is -1.16. The first kappa shape index (κ1) is 18.8. The summed E-state index contributed by atoms with van der Waals surface area (Å²) >= 11 is 0. The molecule has 0 aliphatic carbocycles. The third-order valence-electron chi connectivity index (χ3n) is 3.94. The molecular formula is C18H21F2N3O2. The van der Waals surface area contributed by atoms with E-state index in [0.29, 0.717) is 6.42 Å². The maximum atomic E-state index is 13.3. The number of aliphatic hydroxyl groups is 1. The highest BCUT2D eigenvalue weighted by molar-refractivity contribution is 5.74. The second kappa shape index (κ2) is 8.53. The van der Waals surface area contributed by atoms with Gasteiger partial charge in [-0.2, -0.15) is 0 Å². The zero-order valence-electron chi connectivity index (χ0n) is 14.0. The Kier molecular flexibility index (Phi) is 6.41. The average Bonchev–Trinajstić information content (AvgIpc) is 2.62. The molecule has 7 heteroatoms. The largest absolute Gasteiger partial charge is 0.386 e. The number of nitrogens with one attached hydrogen (secondary N) is 2. The predicted molar refractivity (Wildman–Crippen MR) is 89.7 cm³/mol. The molecule has 1 aromatic carbocycles.